The fourth-order valence-electron chi connectivity index (χ4n) is 1.32. The largest absolute Gasteiger partial charge is 0.330 e. The van der Waals surface area contributed by atoms with Crippen LogP contribution in [0.4, 0.5) is 0 Å². The molecule has 0 spiro atoms. The van der Waals surface area contributed by atoms with Gasteiger partial charge in [-0.1, -0.05) is 36.2 Å². The van der Waals surface area contributed by atoms with Gasteiger partial charge in [0.15, 0.2) is 0 Å². The van der Waals surface area contributed by atoms with Crippen molar-refractivity contribution >= 4 is 11.6 Å². The molecular weight excluding hydrogens is 182 g/mol. The molecule has 1 unspecified atom stereocenters. The van der Waals surface area contributed by atoms with Gasteiger partial charge in [-0.25, -0.2) is 0 Å². The Labute approximate surface area is 84.9 Å². The van der Waals surface area contributed by atoms with Crippen molar-refractivity contribution in [3.63, 3.8) is 0 Å². The Morgan fingerprint density at radius 1 is 1.46 bits per heavy atom. The normalized spacial score (nSPS) is 12.9. The minimum atomic E-state index is 0.499. The molecule has 0 aromatic heterocycles. The van der Waals surface area contributed by atoms with Crippen LogP contribution in [0.5, 0.6) is 0 Å². The van der Waals surface area contributed by atoms with Gasteiger partial charge in [0, 0.05) is 5.02 Å². The molecule has 72 valence electrons. The predicted octanol–water partition coefficient (Wildman–Crippen LogP) is 2.79. The fraction of sp³-hybridized carbons (Fsp3) is 0.455. The van der Waals surface area contributed by atoms with E-state index in [1.807, 2.05) is 12.1 Å². The van der Waals surface area contributed by atoms with Crippen molar-refractivity contribution in [2.75, 3.05) is 6.54 Å². The van der Waals surface area contributed by atoms with Crippen molar-refractivity contribution in [3.05, 3.63) is 34.3 Å². The van der Waals surface area contributed by atoms with E-state index in [4.69, 9.17) is 17.3 Å². The molecule has 0 radical (unpaired) electrons. The lowest BCUT2D eigenvalue weighted by molar-refractivity contribution is 0.593. The third-order valence-electron chi connectivity index (χ3n) is 2.17. The molecule has 0 aliphatic carbocycles. The summed E-state index contributed by atoms with van der Waals surface area (Å²) < 4.78 is 0. The number of rotatable bonds is 3. The van der Waals surface area contributed by atoms with Crippen LogP contribution in [0.3, 0.4) is 0 Å². The Hall–Kier alpha value is -0.530. The van der Waals surface area contributed by atoms with Crippen molar-refractivity contribution in [3.8, 4) is 0 Å². The Morgan fingerprint density at radius 3 is 2.77 bits per heavy atom. The topological polar surface area (TPSA) is 26.0 Å². The van der Waals surface area contributed by atoms with Gasteiger partial charge in [0.05, 0.1) is 0 Å². The molecule has 1 aromatic carbocycles. The average molecular weight is 198 g/mol. The van der Waals surface area contributed by atoms with Crippen LogP contribution < -0.4 is 5.73 Å². The minimum absolute atomic E-state index is 0.499. The smallest absolute Gasteiger partial charge is 0.0438 e. The standard InChI is InChI=1S/C11H16ClN/c1-8-3-4-11(12)10(5-8)6-9(2)7-13/h3-5,9H,6-7,13H2,1-2H3. The minimum Gasteiger partial charge on any atom is -0.330 e. The van der Waals surface area contributed by atoms with Gasteiger partial charge in [0.1, 0.15) is 0 Å². The van der Waals surface area contributed by atoms with Crippen LogP contribution in [0, 0.1) is 12.8 Å². The first-order valence-electron chi connectivity index (χ1n) is 4.58. The Bertz CT molecular complexity index is 283. The highest BCUT2D eigenvalue weighted by atomic mass is 35.5. The molecular formula is C11H16ClN. The highest BCUT2D eigenvalue weighted by Gasteiger charge is 2.05. The molecule has 0 saturated carbocycles. The molecule has 0 bridgehead atoms. The van der Waals surface area contributed by atoms with Gasteiger partial charge in [-0.15, -0.1) is 0 Å². The Morgan fingerprint density at radius 2 is 2.15 bits per heavy atom. The first-order chi connectivity index (χ1) is 6.13. The molecule has 2 N–H and O–H groups in total. The van der Waals surface area contributed by atoms with E-state index < -0.39 is 0 Å². The average Bonchev–Trinajstić information content (AvgIpc) is 2.11. The maximum absolute atomic E-state index is 6.06. The third-order valence-corrected chi connectivity index (χ3v) is 2.54. The number of nitrogens with two attached hydrogens (primary N) is 1. The molecule has 1 atom stereocenters. The van der Waals surface area contributed by atoms with Gasteiger partial charge in [-0.3, -0.25) is 0 Å². The van der Waals surface area contributed by atoms with Crippen LogP contribution in [0.2, 0.25) is 5.02 Å². The quantitative estimate of drug-likeness (QED) is 0.793. The zero-order valence-corrected chi connectivity index (χ0v) is 8.93. The highest BCUT2D eigenvalue weighted by molar-refractivity contribution is 6.31. The zero-order chi connectivity index (χ0) is 9.84. The van der Waals surface area contributed by atoms with Crippen LogP contribution >= 0.6 is 11.6 Å². The van der Waals surface area contributed by atoms with Gasteiger partial charge >= 0.3 is 0 Å². The molecule has 0 heterocycles. The van der Waals surface area contributed by atoms with Crippen LogP contribution in [0.1, 0.15) is 18.1 Å². The van der Waals surface area contributed by atoms with Crippen molar-refractivity contribution in [2.24, 2.45) is 11.7 Å². The van der Waals surface area contributed by atoms with Crippen molar-refractivity contribution in [1.82, 2.24) is 0 Å². The van der Waals surface area contributed by atoms with E-state index >= 15 is 0 Å². The number of halogens is 1. The second kappa shape index (κ2) is 4.64. The second-order valence-electron chi connectivity index (χ2n) is 3.64. The molecule has 13 heavy (non-hydrogen) atoms. The van der Waals surface area contributed by atoms with E-state index in [0.717, 1.165) is 11.4 Å². The highest BCUT2D eigenvalue weighted by Crippen LogP contribution is 2.20. The molecule has 0 saturated heterocycles. The summed E-state index contributed by atoms with van der Waals surface area (Å²) in [4.78, 5) is 0. The number of hydrogen-bond acceptors (Lipinski definition) is 1. The van der Waals surface area contributed by atoms with Crippen LogP contribution in [-0.2, 0) is 6.42 Å². The summed E-state index contributed by atoms with van der Waals surface area (Å²) >= 11 is 6.06. The van der Waals surface area contributed by atoms with E-state index in [0.29, 0.717) is 12.5 Å². The predicted molar refractivity (Wildman–Crippen MR) is 58.1 cm³/mol. The molecule has 1 aromatic rings. The zero-order valence-electron chi connectivity index (χ0n) is 8.18. The molecule has 1 rings (SSSR count). The first-order valence-corrected chi connectivity index (χ1v) is 4.96. The van der Waals surface area contributed by atoms with Gasteiger partial charge in [-0.2, -0.15) is 0 Å². The Balaban J connectivity index is 2.81. The van der Waals surface area contributed by atoms with E-state index in [9.17, 15) is 0 Å². The van der Waals surface area contributed by atoms with Crippen LogP contribution in [-0.4, -0.2) is 6.54 Å². The SMILES string of the molecule is Cc1ccc(Cl)c(CC(C)CN)c1. The molecule has 0 aliphatic rings. The Kier molecular flexibility index (Phi) is 3.76. The maximum Gasteiger partial charge on any atom is 0.0438 e. The number of hydrogen-bond donors (Lipinski definition) is 1. The summed E-state index contributed by atoms with van der Waals surface area (Å²) in [5.74, 6) is 0.499. The summed E-state index contributed by atoms with van der Waals surface area (Å²) in [6, 6.07) is 6.11. The van der Waals surface area contributed by atoms with Gasteiger partial charge in [0.2, 0.25) is 0 Å². The summed E-state index contributed by atoms with van der Waals surface area (Å²) in [6.45, 7) is 4.93. The van der Waals surface area contributed by atoms with Crippen LogP contribution in [0.25, 0.3) is 0 Å². The van der Waals surface area contributed by atoms with E-state index in [-0.39, 0.29) is 0 Å². The van der Waals surface area contributed by atoms with Gasteiger partial charge < -0.3 is 5.73 Å². The van der Waals surface area contributed by atoms with Crippen molar-refractivity contribution in [2.45, 2.75) is 20.3 Å². The fourth-order valence-corrected chi connectivity index (χ4v) is 1.51. The molecule has 1 nitrogen and oxygen atoms in total. The van der Waals surface area contributed by atoms with Gasteiger partial charge in [0.25, 0.3) is 0 Å². The maximum atomic E-state index is 6.06. The number of benzene rings is 1. The second-order valence-corrected chi connectivity index (χ2v) is 4.05. The van der Waals surface area contributed by atoms with E-state index in [2.05, 4.69) is 19.9 Å². The van der Waals surface area contributed by atoms with Crippen molar-refractivity contribution < 1.29 is 0 Å². The third kappa shape index (κ3) is 3.02. The summed E-state index contributed by atoms with van der Waals surface area (Å²) in [5.41, 5.74) is 8.03. The lowest BCUT2D eigenvalue weighted by atomic mass is 10.00. The lowest BCUT2D eigenvalue weighted by Gasteiger charge is -2.10. The molecule has 0 aliphatic heterocycles. The molecule has 0 fully saturated rings. The van der Waals surface area contributed by atoms with Crippen molar-refractivity contribution in [1.29, 1.82) is 0 Å². The molecule has 2 heteroatoms. The van der Waals surface area contributed by atoms with Gasteiger partial charge in [-0.05, 0) is 37.4 Å². The summed E-state index contributed by atoms with van der Waals surface area (Å²) in [7, 11) is 0. The first kappa shape index (κ1) is 10.6. The van der Waals surface area contributed by atoms with Crippen LogP contribution in [0.15, 0.2) is 18.2 Å². The van der Waals surface area contributed by atoms with E-state index in [1.165, 1.54) is 11.1 Å². The summed E-state index contributed by atoms with van der Waals surface area (Å²) in [5, 5.41) is 0.853. The summed E-state index contributed by atoms with van der Waals surface area (Å²) in [6.07, 6.45) is 0.969. The molecule has 0 amide bonds. The number of aryl methyl sites for hydroxylation is 1. The van der Waals surface area contributed by atoms with E-state index in [1.54, 1.807) is 0 Å². The monoisotopic (exact) mass is 197 g/mol. The lowest BCUT2D eigenvalue weighted by Crippen LogP contribution is -2.13.